The molecule has 1 amide bonds. The summed E-state index contributed by atoms with van der Waals surface area (Å²) in [5.41, 5.74) is -0.871. The predicted octanol–water partition coefficient (Wildman–Crippen LogP) is 3.01. The van der Waals surface area contributed by atoms with Gasteiger partial charge in [0.05, 0.1) is 6.07 Å². The molecule has 0 unspecified atom stereocenters. The van der Waals surface area contributed by atoms with E-state index in [0.717, 1.165) is 19.3 Å². The van der Waals surface area contributed by atoms with Crippen molar-refractivity contribution in [3.05, 3.63) is 0 Å². The van der Waals surface area contributed by atoms with Crippen molar-refractivity contribution in [2.45, 2.75) is 65.3 Å². The summed E-state index contributed by atoms with van der Waals surface area (Å²) in [6, 6.07) is 2.23. The first kappa shape index (κ1) is 14.0. The fraction of sp³-hybridized carbons (Fsp3) is 0.857. The van der Waals surface area contributed by atoms with E-state index >= 15 is 0 Å². The third kappa shape index (κ3) is 2.46. The first-order chi connectivity index (χ1) is 7.97. The smallest absolute Gasteiger partial charge is 0.240 e. The maximum atomic E-state index is 12.3. The average Bonchev–Trinajstić information content (AvgIpc) is 2.31. The van der Waals surface area contributed by atoms with Crippen molar-refractivity contribution in [1.82, 2.24) is 5.32 Å². The lowest BCUT2D eigenvalue weighted by molar-refractivity contribution is -0.136. The molecule has 1 saturated carbocycles. The lowest BCUT2D eigenvalue weighted by Crippen LogP contribution is -2.56. The zero-order valence-electron chi connectivity index (χ0n) is 11.5. The van der Waals surface area contributed by atoms with Gasteiger partial charge in [-0.05, 0) is 38.0 Å². The Kier molecular flexibility index (Phi) is 4.19. The van der Waals surface area contributed by atoms with Crippen LogP contribution in [0.3, 0.4) is 0 Å². The minimum atomic E-state index is -0.746. The number of nitrogens with zero attached hydrogens (tertiary/aromatic N) is 1. The van der Waals surface area contributed by atoms with Gasteiger partial charge in [-0.25, -0.2) is 0 Å². The molecule has 1 fully saturated rings. The van der Waals surface area contributed by atoms with Crippen molar-refractivity contribution < 1.29 is 4.79 Å². The maximum Gasteiger partial charge on any atom is 0.240 e. The van der Waals surface area contributed by atoms with E-state index in [1.165, 1.54) is 0 Å². The van der Waals surface area contributed by atoms with Gasteiger partial charge in [-0.2, -0.15) is 5.26 Å². The maximum absolute atomic E-state index is 12.3. The third-order valence-corrected chi connectivity index (χ3v) is 4.45. The van der Waals surface area contributed by atoms with E-state index in [-0.39, 0.29) is 11.4 Å². The van der Waals surface area contributed by atoms with Crippen LogP contribution in [-0.2, 0) is 4.79 Å². The van der Waals surface area contributed by atoms with E-state index in [1.807, 2.05) is 0 Å². The standard InChI is InChI=1S/C14H24N2O/c1-5-14(6-2,7-3)16-12(17)13(10-15)8-11(4)9-13/h11H,5-9H2,1-4H3,(H,16,17). The molecule has 1 rings (SSSR count). The van der Waals surface area contributed by atoms with E-state index in [1.54, 1.807) is 0 Å². The molecular weight excluding hydrogens is 212 g/mol. The molecule has 0 saturated heterocycles. The van der Waals surface area contributed by atoms with Crippen LogP contribution in [0.2, 0.25) is 0 Å². The van der Waals surface area contributed by atoms with Crippen LogP contribution in [0.5, 0.6) is 0 Å². The summed E-state index contributed by atoms with van der Waals surface area (Å²) in [5.74, 6) is 0.448. The van der Waals surface area contributed by atoms with E-state index in [9.17, 15) is 10.1 Å². The highest BCUT2D eigenvalue weighted by Gasteiger charge is 2.50. The minimum Gasteiger partial charge on any atom is -0.349 e. The monoisotopic (exact) mass is 236 g/mol. The van der Waals surface area contributed by atoms with Gasteiger partial charge in [-0.1, -0.05) is 27.7 Å². The largest absolute Gasteiger partial charge is 0.349 e. The molecule has 3 heteroatoms. The lowest BCUT2D eigenvalue weighted by Gasteiger charge is -2.42. The first-order valence-corrected chi connectivity index (χ1v) is 6.71. The molecule has 0 aromatic carbocycles. The predicted molar refractivity (Wildman–Crippen MR) is 68.2 cm³/mol. The first-order valence-electron chi connectivity index (χ1n) is 6.71. The number of nitriles is 1. The van der Waals surface area contributed by atoms with Crippen LogP contribution in [0.4, 0.5) is 0 Å². The molecule has 17 heavy (non-hydrogen) atoms. The third-order valence-electron chi connectivity index (χ3n) is 4.45. The Morgan fingerprint density at radius 3 is 2.12 bits per heavy atom. The number of nitrogens with one attached hydrogen (secondary N) is 1. The van der Waals surface area contributed by atoms with Crippen LogP contribution in [0, 0.1) is 22.7 Å². The molecule has 96 valence electrons. The molecule has 1 aliphatic rings. The van der Waals surface area contributed by atoms with Gasteiger partial charge in [0.15, 0.2) is 0 Å². The van der Waals surface area contributed by atoms with E-state index in [4.69, 9.17) is 0 Å². The molecule has 0 bridgehead atoms. The summed E-state index contributed by atoms with van der Waals surface area (Å²) in [7, 11) is 0. The van der Waals surface area contributed by atoms with Crippen molar-refractivity contribution in [3.63, 3.8) is 0 Å². The van der Waals surface area contributed by atoms with Gasteiger partial charge >= 0.3 is 0 Å². The zero-order chi connectivity index (χ0) is 13.1. The van der Waals surface area contributed by atoms with Crippen molar-refractivity contribution in [3.8, 4) is 6.07 Å². The Labute approximate surface area is 105 Å². The molecule has 0 atom stereocenters. The summed E-state index contributed by atoms with van der Waals surface area (Å²) >= 11 is 0. The summed E-state index contributed by atoms with van der Waals surface area (Å²) in [6.45, 7) is 8.37. The number of hydrogen-bond acceptors (Lipinski definition) is 2. The van der Waals surface area contributed by atoms with Gasteiger partial charge in [-0.15, -0.1) is 0 Å². The summed E-state index contributed by atoms with van der Waals surface area (Å²) in [5, 5.41) is 12.4. The van der Waals surface area contributed by atoms with Crippen LogP contribution >= 0.6 is 0 Å². The molecule has 0 aromatic heterocycles. The molecule has 0 heterocycles. The fourth-order valence-corrected chi connectivity index (χ4v) is 2.83. The normalized spacial score (nSPS) is 28.1. The van der Waals surface area contributed by atoms with Crippen molar-refractivity contribution in [2.75, 3.05) is 0 Å². The molecule has 0 radical (unpaired) electrons. The van der Waals surface area contributed by atoms with Crippen LogP contribution in [-0.4, -0.2) is 11.4 Å². The van der Waals surface area contributed by atoms with Crippen LogP contribution in [0.1, 0.15) is 59.8 Å². The van der Waals surface area contributed by atoms with Crippen molar-refractivity contribution in [2.24, 2.45) is 11.3 Å². The minimum absolute atomic E-state index is 0.0522. The van der Waals surface area contributed by atoms with Gasteiger partial charge in [0.2, 0.25) is 5.91 Å². The Balaban J connectivity index is 2.75. The molecule has 0 aliphatic heterocycles. The summed E-state index contributed by atoms with van der Waals surface area (Å²) < 4.78 is 0. The highest BCUT2D eigenvalue weighted by atomic mass is 16.2. The van der Waals surface area contributed by atoms with Crippen molar-refractivity contribution >= 4 is 5.91 Å². The molecule has 0 aromatic rings. The summed E-state index contributed by atoms with van der Waals surface area (Å²) in [4.78, 5) is 12.3. The Hall–Kier alpha value is -1.04. The fourth-order valence-electron chi connectivity index (χ4n) is 2.83. The van der Waals surface area contributed by atoms with Crippen LogP contribution < -0.4 is 5.32 Å². The van der Waals surface area contributed by atoms with Gasteiger partial charge in [-0.3, -0.25) is 4.79 Å². The quantitative estimate of drug-likeness (QED) is 0.797. The second kappa shape index (κ2) is 5.08. The Morgan fingerprint density at radius 1 is 1.35 bits per heavy atom. The summed E-state index contributed by atoms with van der Waals surface area (Å²) in [6.07, 6.45) is 4.18. The van der Waals surface area contributed by atoms with Crippen LogP contribution in [0.15, 0.2) is 0 Å². The number of carbonyl (C=O) groups excluding carboxylic acids is 1. The van der Waals surface area contributed by atoms with E-state index < -0.39 is 5.41 Å². The lowest BCUT2D eigenvalue weighted by atomic mass is 9.62. The average molecular weight is 236 g/mol. The second-order valence-electron chi connectivity index (χ2n) is 5.50. The molecule has 1 aliphatic carbocycles. The van der Waals surface area contributed by atoms with Crippen molar-refractivity contribution in [1.29, 1.82) is 5.26 Å². The Morgan fingerprint density at radius 2 is 1.82 bits per heavy atom. The van der Waals surface area contributed by atoms with Gasteiger partial charge < -0.3 is 5.32 Å². The second-order valence-corrected chi connectivity index (χ2v) is 5.50. The van der Waals surface area contributed by atoms with Crippen LogP contribution in [0.25, 0.3) is 0 Å². The number of hydrogen-bond donors (Lipinski definition) is 1. The zero-order valence-corrected chi connectivity index (χ0v) is 11.5. The topological polar surface area (TPSA) is 52.9 Å². The van der Waals surface area contributed by atoms with E-state index in [0.29, 0.717) is 18.8 Å². The SMILES string of the molecule is CCC(CC)(CC)NC(=O)C1(C#N)CC(C)C1. The van der Waals surface area contributed by atoms with E-state index in [2.05, 4.69) is 39.1 Å². The number of amides is 1. The molecule has 1 N–H and O–H groups in total. The number of carbonyl (C=O) groups is 1. The molecular formula is C14H24N2O. The van der Waals surface area contributed by atoms with Gasteiger partial charge in [0, 0.05) is 5.54 Å². The van der Waals surface area contributed by atoms with Gasteiger partial charge in [0.25, 0.3) is 0 Å². The highest BCUT2D eigenvalue weighted by Crippen LogP contribution is 2.45. The molecule has 3 nitrogen and oxygen atoms in total. The number of rotatable bonds is 5. The van der Waals surface area contributed by atoms with Gasteiger partial charge in [0.1, 0.15) is 5.41 Å². The highest BCUT2D eigenvalue weighted by molar-refractivity contribution is 5.87. The Bertz CT molecular complexity index is 311. The molecule has 0 spiro atoms.